The zero-order valence-corrected chi connectivity index (χ0v) is 22.8. The molecule has 0 saturated carbocycles. The number of aryl methyl sites for hydroxylation is 3. The molecule has 0 aliphatic carbocycles. The van der Waals surface area contributed by atoms with Crippen LogP contribution in [0.3, 0.4) is 0 Å². The Morgan fingerprint density at radius 3 is 2.05 bits per heavy atom. The minimum absolute atomic E-state index is 0. The topological polar surface area (TPSA) is 38.9 Å². The van der Waals surface area contributed by atoms with Gasteiger partial charge >= 0.3 is 0 Å². The van der Waals surface area contributed by atoms with Crippen LogP contribution in [0.4, 0.5) is 0 Å². The molecule has 3 heterocycles. The molecule has 0 atom stereocenters. The Bertz CT molecular complexity index is 2130. The minimum Gasteiger partial charge on any atom is -0.500 e. The van der Waals surface area contributed by atoms with Gasteiger partial charge in [-0.3, -0.25) is 0 Å². The molecule has 3 aromatic heterocycles. The Balaban J connectivity index is 0.000000193. The van der Waals surface area contributed by atoms with Crippen LogP contribution in [0.2, 0.25) is 0 Å². The van der Waals surface area contributed by atoms with E-state index in [-0.39, 0.29) is 36.8 Å². The van der Waals surface area contributed by atoms with Crippen molar-refractivity contribution in [3.63, 3.8) is 0 Å². The van der Waals surface area contributed by atoms with E-state index in [9.17, 15) is 0 Å². The molecule has 0 amide bonds. The van der Waals surface area contributed by atoms with E-state index in [0.29, 0.717) is 22.5 Å². The second kappa shape index (κ2) is 11.3. The van der Waals surface area contributed by atoms with Gasteiger partial charge in [-0.05, 0) is 41.6 Å². The van der Waals surface area contributed by atoms with Crippen LogP contribution in [0.1, 0.15) is 29.0 Å². The SMILES string of the molecule is [2H]C([2H])([2H])c1c[c-]c(-c2ccc(C([2H])([2H])[2H])cn2)cc1.[2H]C([2H])([2H])c1ccc(-c2[c-]ccc3c2oc2c4ccccc4ccc32)nc1.[Ir]. The van der Waals surface area contributed by atoms with Gasteiger partial charge in [-0.15, -0.1) is 53.6 Å². The molecule has 39 heavy (non-hydrogen) atoms. The number of furan rings is 1. The van der Waals surface area contributed by atoms with Crippen LogP contribution < -0.4 is 0 Å². The molecule has 0 bridgehead atoms. The first kappa shape index (κ1) is 17.5. The Hall–Kier alpha value is -4.11. The van der Waals surface area contributed by atoms with Crippen LogP contribution in [-0.2, 0) is 20.1 Å². The number of rotatable bonds is 2. The molecule has 193 valence electrons. The van der Waals surface area contributed by atoms with Gasteiger partial charge in [0.25, 0.3) is 0 Å². The third-order valence-electron chi connectivity index (χ3n) is 6.20. The van der Waals surface area contributed by atoms with Crippen LogP contribution in [0.25, 0.3) is 55.2 Å². The van der Waals surface area contributed by atoms with Crippen LogP contribution in [-0.4, -0.2) is 9.97 Å². The zero-order valence-electron chi connectivity index (χ0n) is 29.5. The Morgan fingerprint density at radius 2 is 1.36 bits per heavy atom. The van der Waals surface area contributed by atoms with Gasteiger partial charge in [0.15, 0.2) is 0 Å². The normalized spacial score (nSPS) is 15.1. The summed E-state index contributed by atoms with van der Waals surface area (Å²) in [6.07, 6.45) is 2.70. The third-order valence-corrected chi connectivity index (χ3v) is 6.20. The van der Waals surface area contributed by atoms with Crippen molar-refractivity contribution in [3.05, 3.63) is 132 Å². The summed E-state index contributed by atoms with van der Waals surface area (Å²) in [4.78, 5) is 8.42. The molecule has 0 aliphatic rings. The van der Waals surface area contributed by atoms with Crippen LogP contribution >= 0.6 is 0 Å². The molecule has 7 rings (SSSR count). The summed E-state index contributed by atoms with van der Waals surface area (Å²) in [5.74, 6) is 0. The Kier molecular flexibility index (Phi) is 5.07. The van der Waals surface area contributed by atoms with Gasteiger partial charge in [-0.1, -0.05) is 78.5 Å². The fourth-order valence-electron chi connectivity index (χ4n) is 4.34. The van der Waals surface area contributed by atoms with Gasteiger partial charge in [-0.25, -0.2) is 0 Å². The molecule has 1 radical (unpaired) electrons. The molecule has 0 spiro atoms. The van der Waals surface area contributed by atoms with Crippen LogP contribution in [0.15, 0.2) is 108 Å². The monoisotopic (exact) mass is 692 g/mol. The van der Waals surface area contributed by atoms with Gasteiger partial charge in [0.1, 0.15) is 5.58 Å². The minimum atomic E-state index is -2.18. The fourth-order valence-corrected chi connectivity index (χ4v) is 4.34. The average molecular weight is 692 g/mol. The summed E-state index contributed by atoms with van der Waals surface area (Å²) in [6, 6.07) is 33.0. The molecule has 0 N–H and O–H groups in total. The maximum Gasteiger partial charge on any atom is 0.128 e. The van der Waals surface area contributed by atoms with E-state index in [1.807, 2.05) is 30.3 Å². The van der Waals surface area contributed by atoms with E-state index in [0.717, 1.165) is 32.7 Å². The largest absolute Gasteiger partial charge is 0.500 e. The molecule has 3 nitrogen and oxygen atoms in total. The van der Waals surface area contributed by atoms with E-state index in [1.165, 1.54) is 30.6 Å². The number of nitrogens with zero attached hydrogens (tertiary/aromatic N) is 2. The second-order valence-corrected chi connectivity index (χ2v) is 8.72. The predicted octanol–water partition coefficient (Wildman–Crippen LogP) is 9.07. The second-order valence-electron chi connectivity index (χ2n) is 8.72. The van der Waals surface area contributed by atoms with Gasteiger partial charge in [0, 0.05) is 55.6 Å². The molecule has 4 aromatic carbocycles. The quantitative estimate of drug-likeness (QED) is 0.170. The number of aromatic nitrogens is 2. The zero-order chi connectivity index (χ0) is 33.6. The molecular formula is C35H26IrN2O-2. The van der Waals surface area contributed by atoms with Gasteiger partial charge in [0.05, 0.1) is 5.58 Å². The molecule has 0 aliphatic heterocycles. The van der Waals surface area contributed by atoms with Crippen molar-refractivity contribution >= 4 is 32.7 Å². The van der Waals surface area contributed by atoms with Crippen LogP contribution in [0.5, 0.6) is 0 Å². The average Bonchev–Trinajstić information content (AvgIpc) is 3.44. The number of pyridine rings is 2. The standard InChI is InChI=1S/C22H14NO.C13H12N.Ir/c1-14-9-12-20(23-13-14)19-8-4-7-17-18-11-10-15-5-2-3-6-16(15)21(18)24-22(17)19;1-10-3-6-12(7-4-10)13-8-5-11(2)9-14-13;/h2-7,9-13H,1H3;3-6,8-9H,1-2H3;/q2*-1;/i1D3;1D3,2D3;. The maximum absolute atomic E-state index is 7.50. The van der Waals surface area contributed by atoms with E-state index in [4.69, 9.17) is 16.8 Å². The van der Waals surface area contributed by atoms with Crippen molar-refractivity contribution in [1.82, 2.24) is 9.97 Å². The van der Waals surface area contributed by atoms with Crippen molar-refractivity contribution in [2.45, 2.75) is 20.6 Å². The summed E-state index contributed by atoms with van der Waals surface area (Å²) in [5.41, 5.74) is 4.67. The van der Waals surface area contributed by atoms with Crippen molar-refractivity contribution in [2.24, 2.45) is 0 Å². The van der Waals surface area contributed by atoms with Gasteiger partial charge in [-0.2, -0.15) is 0 Å². The number of fused-ring (bicyclic) bond motifs is 5. The van der Waals surface area contributed by atoms with E-state index in [1.54, 1.807) is 24.3 Å². The van der Waals surface area contributed by atoms with E-state index < -0.39 is 20.6 Å². The summed E-state index contributed by atoms with van der Waals surface area (Å²) in [6.45, 7) is -6.51. The van der Waals surface area contributed by atoms with Crippen molar-refractivity contribution in [1.29, 1.82) is 0 Å². The summed E-state index contributed by atoms with van der Waals surface area (Å²) >= 11 is 0. The molecule has 7 aromatic rings. The smallest absolute Gasteiger partial charge is 0.128 e. The van der Waals surface area contributed by atoms with E-state index in [2.05, 4.69) is 40.3 Å². The molecule has 0 fully saturated rings. The summed E-state index contributed by atoms with van der Waals surface area (Å²) in [7, 11) is 0. The number of hydrogen-bond acceptors (Lipinski definition) is 3. The molecule has 4 heteroatoms. The van der Waals surface area contributed by atoms with Crippen molar-refractivity contribution in [3.8, 4) is 22.5 Å². The van der Waals surface area contributed by atoms with E-state index >= 15 is 0 Å². The predicted molar refractivity (Wildman–Crippen MR) is 156 cm³/mol. The van der Waals surface area contributed by atoms with Gasteiger partial charge < -0.3 is 14.4 Å². The first-order valence-electron chi connectivity index (χ1n) is 16.4. The number of hydrogen-bond donors (Lipinski definition) is 0. The first-order valence-corrected chi connectivity index (χ1v) is 11.9. The van der Waals surface area contributed by atoms with Crippen LogP contribution in [0, 0.1) is 32.7 Å². The first-order chi connectivity index (χ1) is 22.2. The summed E-state index contributed by atoms with van der Waals surface area (Å²) in [5, 5.41) is 4.21. The van der Waals surface area contributed by atoms with Gasteiger partial charge in [0.2, 0.25) is 0 Å². The fraction of sp³-hybridized carbons (Fsp3) is 0.0857. The molecule has 0 saturated heterocycles. The van der Waals surface area contributed by atoms with Crippen molar-refractivity contribution < 1.29 is 36.9 Å². The Morgan fingerprint density at radius 1 is 0.641 bits per heavy atom. The Labute approximate surface area is 254 Å². The third kappa shape index (κ3) is 5.40. The molecule has 0 unspecified atom stereocenters. The van der Waals surface area contributed by atoms with Crippen molar-refractivity contribution in [2.75, 3.05) is 0 Å². The maximum atomic E-state index is 7.50. The summed E-state index contributed by atoms with van der Waals surface area (Å²) < 4.78 is 72.4. The number of benzene rings is 4. The molecular weight excluding hydrogens is 657 g/mol.